The number of alkyl halides is 2. The topological polar surface area (TPSA) is 41.5 Å². The van der Waals surface area contributed by atoms with Gasteiger partial charge in [0, 0.05) is 12.1 Å². The Morgan fingerprint density at radius 1 is 1.30 bits per heavy atom. The Bertz CT molecular complexity index is 405. The SMILES string of the molecule is CC(CCc1ccc(OC(F)F)cc1)NC1CC(O)C1. The summed E-state index contributed by atoms with van der Waals surface area (Å²) in [5.74, 6) is 0.193. The van der Waals surface area contributed by atoms with E-state index in [0.29, 0.717) is 12.1 Å². The summed E-state index contributed by atoms with van der Waals surface area (Å²) in [4.78, 5) is 0. The summed E-state index contributed by atoms with van der Waals surface area (Å²) in [5.41, 5.74) is 1.11. The van der Waals surface area contributed by atoms with Gasteiger partial charge in [0.2, 0.25) is 0 Å². The molecule has 0 aliphatic heterocycles. The molecule has 0 amide bonds. The molecule has 0 heterocycles. The molecule has 0 bridgehead atoms. The van der Waals surface area contributed by atoms with E-state index in [9.17, 15) is 13.9 Å². The summed E-state index contributed by atoms with van der Waals surface area (Å²) >= 11 is 0. The standard InChI is InChI=1S/C15H21F2NO2/c1-10(18-12-8-13(19)9-12)2-3-11-4-6-14(7-5-11)20-15(16)17/h4-7,10,12-13,15,18-19H,2-3,8-9H2,1H3. The average Bonchev–Trinajstić information content (AvgIpc) is 2.35. The van der Waals surface area contributed by atoms with E-state index in [0.717, 1.165) is 31.2 Å². The monoisotopic (exact) mass is 285 g/mol. The lowest BCUT2D eigenvalue weighted by Crippen LogP contribution is -2.47. The van der Waals surface area contributed by atoms with Crippen LogP contribution >= 0.6 is 0 Å². The van der Waals surface area contributed by atoms with Crippen LogP contribution in [0.1, 0.15) is 31.7 Å². The van der Waals surface area contributed by atoms with Gasteiger partial charge in [-0.3, -0.25) is 0 Å². The Labute approximate surface area is 117 Å². The third-order valence-electron chi connectivity index (χ3n) is 3.65. The van der Waals surface area contributed by atoms with E-state index in [1.807, 2.05) is 12.1 Å². The molecule has 2 N–H and O–H groups in total. The number of ether oxygens (including phenoxy) is 1. The summed E-state index contributed by atoms with van der Waals surface area (Å²) in [5, 5.41) is 12.7. The van der Waals surface area contributed by atoms with Crippen molar-refractivity contribution in [2.24, 2.45) is 0 Å². The van der Waals surface area contributed by atoms with Gasteiger partial charge in [0.05, 0.1) is 6.10 Å². The van der Waals surface area contributed by atoms with Crippen molar-refractivity contribution >= 4 is 0 Å². The Morgan fingerprint density at radius 3 is 2.50 bits per heavy atom. The highest BCUT2D eigenvalue weighted by Gasteiger charge is 2.27. The number of benzene rings is 1. The van der Waals surface area contributed by atoms with Crippen molar-refractivity contribution in [2.75, 3.05) is 0 Å². The number of aliphatic hydroxyl groups is 1. The summed E-state index contributed by atoms with van der Waals surface area (Å²) in [6.07, 6.45) is 3.40. The van der Waals surface area contributed by atoms with E-state index in [2.05, 4.69) is 17.0 Å². The van der Waals surface area contributed by atoms with Crippen LogP contribution in [0.5, 0.6) is 5.75 Å². The number of halogens is 2. The molecule has 0 radical (unpaired) electrons. The van der Waals surface area contributed by atoms with Crippen LogP contribution in [0.4, 0.5) is 8.78 Å². The largest absolute Gasteiger partial charge is 0.435 e. The zero-order valence-electron chi connectivity index (χ0n) is 11.6. The highest BCUT2D eigenvalue weighted by atomic mass is 19.3. The molecule has 112 valence electrons. The molecule has 1 aromatic carbocycles. The van der Waals surface area contributed by atoms with Gasteiger partial charge in [-0.1, -0.05) is 12.1 Å². The predicted molar refractivity (Wildman–Crippen MR) is 73.0 cm³/mol. The Balaban J connectivity index is 1.70. The van der Waals surface area contributed by atoms with Crippen molar-refractivity contribution in [3.05, 3.63) is 29.8 Å². The van der Waals surface area contributed by atoms with Crippen LogP contribution < -0.4 is 10.1 Å². The van der Waals surface area contributed by atoms with Gasteiger partial charge in [0.15, 0.2) is 0 Å². The fourth-order valence-electron chi connectivity index (χ4n) is 2.43. The lowest BCUT2D eigenvalue weighted by Gasteiger charge is -2.34. The molecule has 20 heavy (non-hydrogen) atoms. The van der Waals surface area contributed by atoms with Crippen LogP contribution in [0, 0.1) is 0 Å². The molecule has 5 heteroatoms. The normalized spacial score (nSPS) is 23.4. The lowest BCUT2D eigenvalue weighted by molar-refractivity contribution is -0.0498. The molecule has 1 fully saturated rings. The number of nitrogens with one attached hydrogen (secondary N) is 1. The highest BCUT2D eigenvalue weighted by Crippen LogP contribution is 2.21. The van der Waals surface area contributed by atoms with Gasteiger partial charge in [0.1, 0.15) is 5.75 Å². The summed E-state index contributed by atoms with van der Waals surface area (Å²) < 4.78 is 28.3. The second-order valence-electron chi connectivity index (χ2n) is 5.45. The van der Waals surface area contributed by atoms with Crippen molar-refractivity contribution in [2.45, 2.75) is 57.4 Å². The quantitative estimate of drug-likeness (QED) is 0.809. The van der Waals surface area contributed by atoms with Crippen LogP contribution in [-0.2, 0) is 6.42 Å². The molecular weight excluding hydrogens is 264 g/mol. The number of hydrogen-bond acceptors (Lipinski definition) is 3. The molecule has 1 unspecified atom stereocenters. The zero-order valence-corrected chi connectivity index (χ0v) is 11.6. The molecule has 1 saturated carbocycles. The maximum atomic E-state index is 12.0. The molecule has 3 nitrogen and oxygen atoms in total. The van der Waals surface area contributed by atoms with E-state index < -0.39 is 6.61 Å². The first kappa shape index (κ1) is 15.2. The van der Waals surface area contributed by atoms with Gasteiger partial charge in [-0.2, -0.15) is 8.78 Å². The van der Waals surface area contributed by atoms with E-state index in [1.54, 1.807) is 12.1 Å². The van der Waals surface area contributed by atoms with Crippen molar-refractivity contribution in [1.82, 2.24) is 5.32 Å². The van der Waals surface area contributed by atoms with E-state index in [1.165, 1.54) is 0 Å². The lowest BCUT2D eigenvalue weighted by atomic mass is 9.88. The number of rotatable bonds is 7. The van der Waals surface area contributed by atoms with E-state index in [4.69, 9.17) is 0 Å². The van der Waals surface area contributed by atoms with Gasteiger partial charge in [-0.25, -0.2) is 0 Å². The summed E-state index contributed by atoms with van der Waals surface area (Å²) in [6, 6.07) is 7.59. The van der Waals surface area contributed by atoms with Crippen molar-refractivity contribution < 1.29 is 18.6 Å². The maximum absolute atomic E-state index is 12.0. The molecule has 1 aliphatic rings. The second-order valence-corrected chi connectivity index (χ2v) is 5.45. The minimum Gasteiger partial charge on any atom is -0.435 e. The zero-order chi connectivity index (χ0) is 14.5. The molecule has 0 aromatic heterocycles. The minimum atomic E-state index is -2.78. The number of hydrogen-bond donors (Lipinski definition) is 2. The Kier molecular flexibility index (Phi) is 5.31. The first-order valence-electron chi connectivity index (χ1n) is 7.01. The summed E-state index contributed by atoms with van der Waals surface area (Å²) in [7, 11) is 0. The van der Waals surface area contributed by atoms with Crippen LogP contribution in [0.25, 0.3) is 0 Å². The molecule has 1 aliphatic carbocycles. The van der Waals surface area contributed by atoms with Gasteiger partial charge in [-0.05, 0) is 50.3 Å². The van der Waals surface area contributed by atoms with Gasteiger partial charge in [-0.15, -0.1) is 0 Å². The molecule has 1 aromatic rings. The Morgan fingerprint density at radius 2 is 1.95 bits per heavy atom. The van der Waals surface area contributed by atoms with Crippen LogP contribution in [0.2, 0.25) is 0 Å². The first-order valence-corrected chi connectivity index (χ1v) is 7.01. The molecule has 2 rings (SSSR count). The predicted octanol–water partition coefficient (Wildman–Crippen LogP) is 2.72. The van der Waals surface area contributed by atoms with Crippen molar-refractivity contribution in [3.8, 4) is 5.75 Å². The third kappa shape index (κ3) is 4.72. The highest BCUT2D eigenvalue weighted by molar-refractivity contribution is 5.27. The summed E-state index contributed by atoms with van der Waals surface area (Å²) in [6.45, 7) is -0.651. The van der Waals surface area contributed by atoms with E-state index in [-0.39, 0.29) is 11.9 Å². The maximum Gasteiger partial charge on any atom is 0.387 e. The first-order chi connectivity index (χ1) is 9.52. The van der Waals surface area contributed by atoms with Gasteiger partial charge >= 0.3 is 6.61 Å². The van der Waals surface area contributed by atoms with Crippen LogP contribution in [0.15, 0.2) is 24.3 Å². The van der Waals surface area contributed by atoms with Gasteiger partial charge < -0.3 is 15.2 Å². The van der Waals surface area contributed by atoms with Crippen LogP contribution in [-0.4, -0.2) is 29.9 Å². The smallest absolute Gasteiger partial charge is 0.387 e. The van der Waals surface area contributed by atoms with Crippen LogP contribution in [0.3, 0.4) is 0 Å². The number of aliphatic hydroxyl groups excluding tert-OH is 1. The molecule has 0 saturated heterocycles. The average molecular weight is 285 g/mol. The Hall–Kier alpha value is -1.20. The second kappa shape index (κ2) is 6.99. The minimum absolute atomic E-state index is 0.137. The fourth-order valence-corrected chi connectivity index (χ4v) is 2.43. The van der Waals surface area contributed by atoms with Crippen molar-refractivity contribution in [3.63, 3.8) is 0 Å². The van der Waals surface area contributed by atoms with Gasteiger partial charge in [0.25, 0.3) is 0 Å². The number of aryl methyl sites for hydroxylation is 1. The fraction of sp³-hybridized carbons (Fsp3) is 0.600. The van der Waals surface area contributed by atoms with Crippen molar-refractivity contribution in [1.29, 1.82) is 0 Å². The van der Waals surface area contributed by atoms with E-state index >= 15 is 0 Å². The molecule has 1 atom stereocenters. The molecule has 0 spiro atoms. The third-order valence-corrected chi connectivity index (χ3v) is 3.65. The molecular formula is C15H21F2NO2.